The lowest BCUT2D eigenvalue weighted by atomic mass is 10.1. The van der Waals surface area contributed by atoms with Crippen molar-refractivity contribution in [3.63, 3.8) is 0 Å². The van der Waals surface area contributed by atoms with Gasteiger partial charge in [-0.05, 0) is 54.3 Å². The molecule has 0 atom stereocenters. The summed E-state index contributed by atoms with van der Waals surface area (Å²) in [5.41, 5.74) is 3.51. The highest BCUT2D eigenvalue weighted by Crippen LogP contribution is 2.29. The summed E-state index contributed by atoms with van der Waals surface area (Å²) in [5.74, 6) is 0. The molecule has 98 valence electrons. The van der Waals surface area contributed by atoms with Crippen LogP contribution in [0, 0.1) is 0 Å². The van der Waals surface area contributed by atoms with Crippen LogP contribution in [0.4, 0.5) is 5.69 Å². The van der Waals surface area contributed by atoms with Crippen molar-refractivity contribution in [2.45, 2.75) is 12.8 Å². The van der Waals surface area contributed by atoms with E-state index in [1.54, 1.807) is 6.07 Å². The molecule has 0 radical (unpaired) electrons. The lowest BCUT2D eigenvalue weighted by Gasteiger charge is -2.17. The van der Waals surface area contributed by atoms with Crippen LogP contribution in [0.2, 0.25) is 10.0 Å². The Morgan fingerprint density at radius 1 is 0.737 bits per heavy atom. The average Bonchev–Trinajstić information content (AvgIpc) is 2.91. The summed E-state index contributed by atoms with van der Waals surface area (Å²) in [4.78, 5) is 2.43. The molecule has 3 heteroatoms. The molecule has 0 aliphatic carbocycles. The van der Waals surface area contributed by atoms with Gasteiger partial charge in [0.05, 0.1) is 0 Å². The summed E-state index contributed by atoms with van der Waals surface area (Å²) < 4.78 is 0. The number of nitrogens with zero attached hydrogens (tertiary/aromatic N) is 1. The smallest absolute Gasteiger partial charge is 0.0426 e. The fraction of sp³-hybridized carbons (Fsp3) is 0.250. The van der Waals surface area contributed by atoms with Gasteiger partial charge in [-0.1, -0.05) is 35.3 Å². The normalized spacial score (nSPS) is 14.9. The number of hydrogen-bond donors (Lipinski definition) is 0. The van der Waals surface area contributed by atoms with E-state index in [0.29, 0.717) is 10.0 Å². The van der Waals surface area contributed by atoms with Crippen LogP contribution in [0.25, 0.3) is 11.1 Å². The van der Waals surface area contributed by atoms with Crippen molar-refractivity contribution < 1.29 is 0 Å². The molecule has 0 saturated carbocycles. The second-order valence-corrected chi connectivity index (χ2v) is 5.77. The van der Waals surface area contributed by atoms with E-state index >= 15 is 0 Å². The molecule has 19 heavy (non-hydrogen) atoms. The van der Waals surface area contributed by atoms with Gasteiger partial charge in [0.15, 0.2) is 0 Å². The molecule has 0 spiro atoms. The minimum Gasteiger partial charge on any atom is -0.372 e. The van der Waals surface area contributed by atoms with E-state index in [-0.39, 0.29) is 0 Å². The van der Waals surface area contributed by atoms with Gasteiger partial charge < -0.3 is 4.90 Å². The molecule has 1 heterocycles. The van der Waals surface area contributed by atoms with Crippen LogP contribution in [0.15, 0.2) is 42.5 Å². The van der Waals surface area contributed by atoms with Crippen molar-refractivity contribution in [3.05, 3.63) is 52.5 Å². The summed E-state index contributed by atoms with van der Waals surface area (Å²) in [5, 5.41) is 1.34. The van der Waals surface area contributed by atoms with Crippen LogP contribution < -0.4 is 4.90 Å². The standard InChI is InChI=1S/C16H15Cl2N/c17-14-9-13(10-15(18)11-14)12-3-5-16(6-4-12)19-7-1-2-8-19/h3-6,9-11H,1-2,7-8H2. The van der Waals surface area contributed by atoms with E-state index in [9.17, 15) is 0 Å². The van der Waals surface area contributed by atoms with Crippen LogP contribution >= 0.6 is 23.2 Å². The lowest BCUT2D eigenvalue weighted by molar-refractivity contribution is 0.949. The number of anilines is 1. The van der Waals surface area contributed by atoms with Crippen molar-refractivity contribution in [2.75, 3.05) is 18.0 Å². The third-order valence-electron chi connectivity index (χ3n) is 3.53. The van der Waals surface area contributed by atoms with E-state index in [2.05, 4.69) is 29.2 Å². The van der Waals surface area contributed by atoms with Gasteiger partial charge in [-0.2, -0.15) is 0 Å². The topological polar surface area (TPSA) is 3.24 Å². The second-order valence-electron chi connectivity index (χ2n) is 4.90. The average molecular weight is 292 g/mol. The molecule has 3 rings (SSSR count). The summed E-state index contributed by atoms with van der Waals surface area (Å²) >= 11 is 12.1. The van der Waals surface area contributed by atoms with E-state index in [1.807, 2.05) is 12.1 Å². The minimum absolute atomic E-state index is 0.672. The first-order valence-corrected chi connectivity index (χ1v) is 7.29. The Bertz CT molecular complexity index is 552. The molecule has 0 amide bonds. The van der Waals surface area contributed by atoms with Gasteiger partial charge in [-0.15, -0.1) is 0 Å². The third kappa shape index (κ3) is 2.88. The van der Waals surface area contributed by atoms with Crippen LogP contribution in [0.3, 0.4) is 0 Å². The number of hydrogen-bond acceptors (Lipinski definition) is 1. The summed E-state index contributed by atoms with van der Waals surface area (Å²) in [6.07, 6.45) is 2.59. The van der Waals surface area contributed by atoms with Gasteiger partial charge in [0.2, 0.25) is 0 Å². The first-order chi connectivity index (χ1) is 9.22. The van der Waals surface area contributed by atoms with E-state index in [1.165, 1.54) is 31.6 Å². The molecule has 0 unspecified atom stereocenters. The van der Waals surface area contributed by atoms with E-state index < -0.39 is 0 Å². The number of benzene rings is 2. The van der Waals surface area contributed by atoms with Crippen LogP contribution in [0.5, 0.6) is 0 Å². The van der Waals surface area contributed by atoms with Crippen molar-refractivity contribution in [1.82, 2.24) is 0 Å². The van der Waals surface area contributed by atoms with Crippen molar-refractivity contribution in [2.24, 2.45) is 0 Å². The Labute approximate surface area is 123 Å². The first kappa shape index (κ1) is 12.8. The van der Waals surface area contributed by atoms with E-state index in [4.69, 9.17) is 23.2 Å². The maximum Gasteiger partial charge on any atom is 0.0426 e. The Balaban J connectivity index is 1.89. The van der Waals surface area contributed by atoms with Gasteiger partial charge in [0, 0.05) is 28.8 Å². The molecule has 1 fully saturated rings. The number of halogens is 2. The Morgan fingerprint density at radius 3 is 1.89 bits per heavy atom. The molecule has 2 aromatic carbocycles. The van der Waals surface area contributed by atoms with Gasteiger partial charge >= 0.3 is 0 Å². The molecule has 1 aliphatic rings. The SMILES string of the molecule is Clc1cc(Cl)cc(-c2ccc(N3CCCC3)cc2)c1. The summed E-state index contributed by atoms with van der Waals surface area (Å²) in [6, 6.07) is 14.3. The van der Waals surface area contributed by atoms with E-state index in [0.717, 1.165) is 11.1 Å². The maximum atomic E-state index is 6.04. The monoisotopic (exact) mass is 291 g/mol. The largest absolute Gasteiger partial charge is 0.372 e. The lowest BCUT2D eigenvalue weighted by Crippen LogP contribution is -2.17. The van der Waals surface area contributed by atoms with Crippen LogP contribution in [-0.2, 0) is 0 Å². The van der Waals surface area contributed by atoms with Crippen LogP contribution in [0.1, 0.15) is 12.8 Å². The Kier molecular flexibility index (Phi) is 3.67. The Hall–Kier alpha value is -1.18. The highest BCUT2D eigenvalue weighted by Gasteiger charge is 2.12. The van der Waals surface area contributed by atoms with Crippen molar-refractivity contribution in [1.29, 1.82) is 0 Å². The van der Waals surface area contributed by atoms with Crippen molar-refractivity contribution in [3.8, 4) is 11.1 Å². The first-order valence-electron chi connectivity index (χ1n) is 6.54. The molecular formula is C16H15Cl2N. The molecule has 1 nitrogen and oxygen atoms in total. The number of rotatable bonds is 2. The zero-order valence-electron chi connectivity index (χ0n) is 10.6. The maximum absolute atomic E-state index is 6.04. The molecular weight excluding hydrogens is 277 g/mol. The van der Waals surface area contributed by atoms with Crippen molar-refractivity contribution >= 4 is 28.9 Å². The quantitative estimate of drug-likeness (QED) is 0.729. The second kappa shape index (κ2) is 5.44. The fourth-order valence-corrected chi connectivity index (χ4v) is 3.09. The molecule has 0 bridgehead atoms. The molecule has 2 aromatic rings. The minimum atomic E-state index is 0.672. The van der Waals surface area contributed by atoms with Gasteiger partial charge in [0.25, 0.3) is 0 Å². The molecule has 1 saturated heterocycles. The Morgan fingerprint density at radius 2 is 1.32 bits per heavy atom. The van der Waals surface area contributed by atoms with Gasteiger partial charge in [-0.25, -0.2) is 0 Å². The molecule has 0 N–H and O–H groups in total. The van der Waals surface area contributed by atoms with Gasteiger partial charge in [0.1, 0.15) is 0 Å². The predicted molar refractivity (Wildman–Crippen MR) is 83.3 cm³/mol. The summed E-state index contributed by atoms with van der Waals surface area (Å²) in [7, 11) is 0. The molecule has 0 aromatic heterocycles. The van der Waals surface area contributed by atoms with Crippen LogP contribution in [-0.4, -0.2) is 13.1 Å². The fourth-order valence-electron chi connectivity index (χ4n) is 2.56. The summed E-state index contributed by atoms with van der Waals surface area (Å²) in [6.45, 7) is 2.34. The highest BCUT2D eigenvalue weighted by molar-refractivity contribution is 6.35. The van der Waals surface area contributed by atoms with Gasteiger partial charge in [-0.3, -0.25) is 0 Å². The zero-order valence-corrected chi connectivity index (χ0v) is 12.1. The molecule has 1 aliphatic heterocycles. The zero-order chi connectivity index (χ0) is 13.2. The predicted octanol–water partition coefficient (Wildman–Crippen LogP) is 5.26. The highest BCUT2D eigenvalue weighted by atomic mass is 35.5. The third-order valence-corrected chi connectivity index (χ3v) is 3.97.